The third kappa shape index (κ3) is 1.86. The summed E-state index contributed by atoms with van der Waals surface area (Å²) in [6.07, 6.45) is 2.05. The fraction of sp³-hybridized carbons (Fsp3) is 0. The predicted octanol–water partition coefficient (Wildman–Crippen LogP) is 4.13. The molecule has 19 heavy (non-hydrogen) atoms. The zero-order valence-corrected chi connectivity index (χ0v) is 10.9. The predicted molar refractivity (Wildman–Crippen MR) is 81.3 cm³/mol. The lowest BCUT2D eigenvalue weighted by Crippen LogP contribution is -1.98. The normalized spacial score (nSPS) is 12.9. The first kappa shape index (κ1) is 10.6. The van der Waals surface area contributed by atoms with E-state index in [2.05, 4.69) is 33.8 Å². The Labute approximate surface area is 114 Å². The molecule has 4 heteroatoms. The van der Waals surface area contributed by atoms with Crippen LogP contribution in [0.1, 0.15) is 5.01 Å². The molecule has 3 aromatic rings. The molecule has 0 saturated heterocycles. The number of thiazole rings is 1. The van der Waals surface area contributed by atoms with Crippen LogP contribution in [0.15, 0.2) is 54.4 Å². The molecule has 0 amide bonds. The fourth-order valence-electron chi connectivity index (χ4n) is 2.17. The smallest absolute Gasteiger partial charge is 0.120 e. The first-order valence-corrected chi connectivity index (χ1v) is 6.90. The molecule has 4 rings (SSSR count). The summed E-state index contributed by atoms with van der Waals surface area (Å²) in [7, 11) is 0. The SMILES string of the molecule is C(=C1Nc2ccccc2N1)c1nc2ccccc2s1. The van der Waals surface area contributed by atoms with Crippen LogP contribution in [0.4, 0.5) is 11.4 Å². The Hall–Kier alpha value is -2.33. The summed E-state index contributed by atoms with van der Waals surface area (Å²) in [5.41, 5.74) is 3.26. The van der Waals surface area contributed by atoms with Gasteiger partial charge in [0.2, 0.25) is 0 Å². The minimum Gasteiger partial charge on any atom is -0.340 e. The van der Waals surface area contributed by atoms with Gasteiger partial charge in [-0.15, -0.1) is 11.3 Å². The largest absolute Gasteiger partial charge is 0.340 e. The Morgan fingerprint density at radius 3 is 2.32 bits per heavy atom. The first-order chi connectivity index (χ1) is 9.38. The molecule has 1 aliphatic heterocycles. The Balaban J connectivity index is 1.70. The van der Waals surface area contributed by atoms with E-state index in [1.54, 1.807) is 11.3 Å². The lowest BCUT2D eigenvalue weighted by Gasteiger charge is -1.96. The van der Waals surface area contributed by atoms with E-state index in [4.69, 9.17) is 0 Å². The third-order valence-electron chi connectivity index (χ3n) is 3.04. The number of hydrogen-bond acceptors (Lipinski definition) is 4. The van der Waals surface area contributed by atoms with Gasteiger partial charge in [0.25, 0.3) is 0 Å². The van der Waals surface area contributed by atoms with E-state index in [0.29, 0.717) is 0 Å². The molecule has 0 unspecified atom stereocenters. The molecule has 2 heterocycles. The number of nitrogens with zero attached hydrogens (tertiary/aromatic N) is 1. The van der Waals surface area contributed by atoms with Crippen LogP contribution in [0.25, 0.3) is 16.3 Å². The summed E-state index contributed by atoms with van der Waals surface area (Å²) in [5, 5.41) is 7.69. The van der Waals surface area contributed by atoms with Gasteiger partial charge in [0.1, 0.15) is 10.8 Å². The zero-order chi connectivity index (χ0) is 12.7. The molecule has 2 N–H and O–H groups in total. The number of nitrogens with one attached hydrogen (secondary N) is 2. The highest BCUT2D eigenvalue weighted by Gasteiger charge is 2.13. The molecule has 1 aliphatic rings. The minimum atomic E-state index is 0.972. The number of anilines is 2. The van der Waals surface area contributed by atoms with E-state index >= 15 is 0 Å². The number of hydrogen-bond donors (Lipinski definition) is 2. The van der Waals surface area contributed by atoms with Gasteiger partial charge >= 0.3 is 0 Å². The summed E-state index contributed by atoms with van der Waals surface area (Å²) in [6, 6.07) is 16.4. The van der Waals surface area contributed by atoms with Gasteiger partial charge in [-0.3, -0.25) is 0 Å². The average molecular weight is 265 g/mol. The monoisotopic (exact) mass is 265 g/mol. The van der Waals surface area contributed by atoms with E-state index in [-0.39, 0.29) is 0 Å². The van der Waals surface area contributed by atoms with Crippen molar-refractivity contribution in [3.05, 3.63) is 59.4 Å². The Kier molecular flexibility index (Phi) is 2.28. The van der Waals surface area contributed by atoms with Gasteiger partial charge in [0.15, 0.2) is 0 Å². The van der Waals surface area contributed by atoms with Crippen molar-refractivity contribution in [1.82, 2.24) is 4.98 Å². The maximum absolute atomic E-state index is 4.60. The maximum Gasteiger partial charge on any atom is 0.120 e. The fourth-order valence-corrected chi connectivity index (χ4v) is 3.08. The summed E-state index contributed by atoms with van der Waals surface area (Å²) in [4.78, 5) is 4.60. The molecule has 0 radical (unpaired) electrons. The maximum atomic E-state index is 4.60. The van der Waals surface area contributed by atoms with Gasteiger partial charge in [-0.25, -0.2) is 4.98 Å². The third-order valence-corrected chi connectivity index (χ3v) is 4.03. The van der Waals surface area contributed by atoms with Crippen LogP contribution < -0.4 is 10.6 Å². The van der Waals surface area contributed by atoms with E-state index in [0.717, 1.165) is 27.7 Å². The second-order valence-electron chi connectivity index (χ2n) is 4.37. The van der Waals surface area contributed by atoms with Crippen molar-refractivity contribution in [2.45, 2.75) is 0 Å². The van der Waals surface area contributed by atoms with Crippen LogP contribution >= 0.6 is 11.3 Å². The molecule has 1 aromatic heterocycles. The van der Waals surface area contributed by atoms with Crippen LogP contribution in [0.2, 0.25) is 0 Å². The molecule has 0 aliphatic carbocycles. The van der Waals surface area contributed by atoms with Crippen molar-refractivity contribution in [3.8, 4) is 0 Å². The number of para-hydroxylation sites is 3. The second kappa shape index (κ2) is 4.10. The number of benzene rings is 2. The van der Waals surface area contributed by atoms with Crippen LogP contribution in [0.5, 0.6) is 0 Å². The highest BCUT2D eigenvalue weighted by atomic mass is 32.1. The molecule has 0 saturated carbocycles. The van der Waals surface area contributed by atoms with Gasteiger partial charge < -0.3 is 10.6 Å². The van der Waals surface area contributed by atoms with Crippen molar-refractivity contribution in [2.75, 3.05) is 10.6 Å². The van der Waals surface area contributed by atoms with Crippen molar-refractivity contribution < 1.29 is 0 Å². The molecule has 0 fully saturated rings. The minimum absolute atomic E-state index is 0.972. The number of fused-ring (bicyclic) bond motifs is 2. The Morgan fingerprint density at radius 1 is 0.895 bits per heavy atom. The Morgan fingerprint density at radius 2 is 1.58 bits per heavy atom. The van der Waals surface area contributed by atoms with E-state index in [1.807, 2.05) is 36.4 Å². The van der Waals surface area contributed by atoms with Crippen molar-refractivity contribution in [2.24, 2.45) is 0 Å². The molecule has 0 spiro atoms. The summed E-state index contributed by atoms with van der Waals surface area (Å²) < 4.78 is 1.21. The van der Waals surface area contributed by atoms with Gasteiger partial charge in [-0.2, -0.15) is 0 Å². The van der Waals surface area contributed by atoms with Gasteiger partial charge in [-0.05, 0) is 24.3 Å². The highest BCUT2D eigenvalue weighted by Crippen LogP contribution is 2.31. The van der Waals surface area contributed by atoms with E-state index < -0.39 is 0 Å². The molecular formula is C15H11N3S. The van der Waals surface area contributed by atoms with Gasteiger partial charge in [-0.1, -0.05) is 24.3 Å². The van der Waals surface area contributed by atoms with Crippen molar-refractivity contribution in [3.63, 3.8) is 0 Å². The first-order valence-electron chi connectivity index (χ1n) is 6.09. The van der Waals surface area contributed by atoms with Gasteiger partial charge in [0, 0.05) is 6.08 Å². The summed E-state index contributed by atoms with van der Waals surface area (Å²) in [6.45, 7) is 0. The van der Waals surface area contributed by atoms with Crippen molar-refractivity contribution in [1.29, 1.82) is 0 Å². The number of rotatable bonds is 1. The summed E-state index contributed by atoms with van der Waals surface area (Å²) >= 11 is 1.70. The number of aromatic nitrogens is 1. The van der Waals surface area contributed by atoms with E-state index in [9.17, 15) is 0 Å². The quantitative estimate of drug-likeness (QED) is 0.694. The van der Waals surface area contributed by atoms with Crippen LogP contribution in [0.3, 0.4) is 0 Å². The van der Waals surface area contributed by atoms with Crippen LogP contribution in [0, 0.1) is 0 Å². The second-order valence-corrected chi connectivity index (χ2v) is 5.44. The molecule has 3 nitrogen and oxygen atoms in total. The molecule has 92 valence electrons. The highest BCUT2D eigenvalue weighted by molar-refractivity contribution is 7.19. The van der Waals surface area contributed by atoms with E-state index in [1.165, 1.54) is 4.70 Å². The Bertz CT molecular complexity index is 729. The lowest BCUT2D eigenvalue weighted by molar-refractivity contribution is 1.43. The molecular weight excluding hydrogens is 254 g/mol. The standard InChI is InChI=1S/C15H11N3S/c1-2-6-11-10(5-1)16-14(17-11)9-15-18-12-7-3-4-8-13(12)19-15/h1-9,16-17H. The molecule has 2 aromatic carbocycles. The average Bonchev–Trinajstić information content (AvgIpc) is 3.00. The lowest BCUT2D eigenvalue weighted by atomic mass is 10.3. The summed E-state index contributed by atoms with van der Waals surface area (Å²) in [5.74, 6) is 0.972. The van der Waals surface area contributed by atoms with Gasteiger partial charge in [0.05, 0.1) is 21.6 Å². The van der Waals surface area contributed by atoms with Crippen LogP contribution in [-0.4, -0.2) is 4.98 Å². The van der Waals surface area contributed by atoms with Crippen molar-refractivity contribution >= 4 is 39.0 Å². The molecule has 0 atom stereocenters. The zero-order valence-electron chi connectivity index (χ0n) is 10.1. The molecule has 0 bridgehead atoms. The van der Waals surface area contributed by atoms with Crippen LogP contribution in [-0.2, 0) is 0 Å². The topological polar surface area (TPSA) is 37.0 Å².